The average molecular weight is 231 g/mol. The van der Waals surface area contributed by atoms with Gasteiger partial charge >= 0.3 is 0 Å². The van der Waals surface area contributed by atoms with Gasteiger partial charge in [0.05, 0.1) is 0 Å². The molecule has 0 amide bonds. The molecule has 1 N–H and O–H groups in total. The number of rotatable bonds is 0. The third kappa shape index (κ3) is 1.85. The van der Waals surface area contributed by atoms with Gasteiger partial charge in [-0.1, -0.05) is 12.1 Å². The van der Waals surface area contributed by atoms with Gasteiger partial charge in [0, 0.05) is 0 Å². The summed E-state index contributed by atoms with van der Waals surface area (Å²) in [6.45, 7) is 6.55. The number of ether oxygens (including phenoxy) is 1. The van der Waals surface area contributed by atoms with Crippen molar-refractivity contribution in [2.75, 3.05) is 13.1 Å². The first-order chi connectivity index (χ1) is 8.20. The molecule has 2 heterocycles. The summed E-state index contributed by atoms with van der Waals surface area (Å²) in [5, 5.41) is 3.43. The Morgan fingerprint density at radius 2 is 1.88 bits per heavy atom. The lowest BCUT2D eigenvalue weighted by Crippen LogP contribution is -2.48. The molecule has 0 aromatic heterocycles. The molecule has 17 heavy (non-hydrogen) atoms. The zero-order chi connectivity index (χ0) is 11.9. The minimum atomic E-state index is 0.122. The van der Waals surface area contributed by atoms with Crippen LogP contribution in [0.1, 0.15) is 36.0 Å². The molecule has 0 unspecified atom stereocenters. The second-order valence-electron chi connectivity index (χ2n) is 5.53. The first-order valence-corrected chi connectivity index (χ1v) is 6.69. The maximum atomic E-state index is 6.43. The zero-order valence-corrected chi connectivity index (χ0v) is 10.8. The van der Waals surface area contributed by atoms with E-state index in [9.17, 15) is 0 Å². The van der Waals surface area contributed by atoms with E-state index in [1.165, 1.54) is 35.3 Å². The molecule has 3 rings (SSSR count). The molecular weight excluding hydrogens is 210 g/mol. The van der Waals surface area contributed by atoms with E-state index in [1.807, 2.05) is 0 Å². The molecule has 0 radical (unpaired) electrons. The molecule has 1 spiro atoms. The number of fused-ring (bicyclic) bond motifs is 1. The van der Waals surface area contributed by atoms with Gasteiger partial charge in [0.25, 0.3) is 0 Å². The van der Waals surface area contributed by atoms with E-state index in [0.29, 0.717) is 0 Å². The summed E-state index contributed by atoms with van der Waals surface area (Å²) in [6, 6.07) is 4.46. The van der Waals surface area contributed by atoms with Gasteiger partial charge < -0.3 is 10.1 Å². The van der Waals surface area contributed by atoms with Crippen LogP contribution in [-0.4, -0.2) is 18.7 Å². The zero-order valence-electron chi connectivity index (χ0n) is 10.8. The lowest BCUT2D eigenvalue weighted by Gasteiger charge is -2.42. The van der Waals surface area contributed by atoms with E-state index in [4.69, 9.17) is 4.74 Å². The van der Waals surface area contributed by atoms with Gasteiger partial charge in [0.15, 0.2) is 0 Å². The van der Waals surface area contributed by atoms with Crippen molar-refractivity contribution in [2.45, 2.75) is 45.1 Å². The van der Waals surface area contributed by atoms with Crippen LogP contribution >= 0.6 is 0 Å². The Labute approximate surface area is 103 Å². The SMILES string of the molecule is Cc1ccc2c(c1C)OC1(CCNCC1)CC2. The molecule has 0 aliphatic carbocycles. The maximum absolute atomic E-state index is 6.43. The maximum Gasteiger partial charge on any atom is 0.126 e. The van der Waals surface area contributed by atoms with Crippen LogP contribution in [0.5, 0.6) is 5.75 Å². The van der Waals surface area contributed by atoms with Gasteiger partial charge in [-0.2, -0.15) is 0 Å². The van der Waals surface area contributed by atoms with Crippen molar-refractivity contribution >= 4 is 0 Å². The lowest BCUT2D eigenvalue weighted by atomic mass is 9.83. The second-order valence-corrected chi connectivity index (χ2v) is 5.53. The molecule has 2 heteroatoms. The summed E-state index contributed by atoms with van der Waals surface area (Å²) < 4.78 is 6.43. The fourth-order valence-electron chi connectivity index (χ4n) is 3.05. The Balaban J connectivity index is 1.96. The van der Waals surface area contributed by atoms with Crippen molar-refractivity contribution in [1.82, 2.24) is 5.32 Å². The Morgan fingerprint density at radius 3 is 2.65 bits per heavy atom. The fraction of sp³-hybridized carbons (Fsp3) is 0.600. The molecule has 2 aliphatic heterocycles. The number of hydrogen-bond acceptors (Lipinski definition) is 2. The number of hydrogen-bond donors (Lipinski definition) is 1. The first-order valence-electron chi connectivity index (χ1n) is 6.69. The van der Waals surface area contributed by atoms with E-state index >= 15 is 0 Å². The quantitative estimate of drug-likeness (QED) is 0.741. The smallest absolute Gasteiger partial charge is 0.126 e. The fourth-order valence-corrected chi connectivity index (χ4v) is 3.05. The second kappa shape index (κ2) is 4.02. The Hall–Kier alpha value is -1.02. The first kappa shape index (κ1) is 11.1. The predicted octanol–water partition coefficient (Wildman–Crippen LogP) is 2.75. The van der Waals surface area contributed by atoms with Crippen LogP contribution in [0.25, 0.3) is 0 Å². The highest BCUT2D eigenvalue weighted by Gasteiger charge is 2.37. The minimum absolute atomic E-state index is 0.122. The summed E-state index contributed by atoms with van der Waals surface area (Å²) in [6.07, 6.45) is 4.67. The summed E-state index contributed by atoms with van der Waals surface area (Å²) in [5.74, 6) is 1.18. The van der Waals surface area contributed by atoms with Crippen LogP contribution in [0.4, 0.5) is 0 Å². The molecule has 0 atom stereocenters. The summed E-state index contributed by atoms with van der Waals surface area (Å²) in [5.41, 5.74) is 4.20. The van der Waals surface area contributed by atoms with Crippen LogP contribution in [0.3, 0.4) is 0 Å². The lowest BCUT2D eigenvalue weighted by molar-refractivity contribution is 0.0162. The average Bonchev–Trinajstić information content (AvgIpc) is 2.36. The third-order valence-corrected chi connectivity index (χ3v) is 4.44. The number of aryl methyl sites for hydroxylation is 2. The van der Waals surface area contributed by atoms with Crippen LogP contribution in [0.2, 0.25) is 0 Å². The highest BCUT2D eigenvalue weighted by atomic mass is 16.5. The van der Waals surface area contributed by atoms with Crippen LogP contribution in [-0.2, 0) is 6.42 Å². The molecule has 1 aromatic rings. The largest absolute Gasteiger partial charge is 0.487 e. The van der Waals surface area contributed by atoms with Crippen molar-refractivity contribution in [1.29, 1.82) is 0 Å². The number of nitrogens with one attached hydrogen (secondary N) is 1. The highest BCUT2D eigenvalue weighted by molar-refractivity contribution is 5.47. The van der Waals surface area contributed by atoms with E-state index in [2.05, 4.69) is 31.3 Å². The topological polar surface area (TPSA) is 21.3 Å². The molecule has 2 aliphatic rings. The molecule has 0 bridgehead atoms. The molecule has 0 saturated carbocycles. The molecule has 2 nitrogen and oxygen atoms in total. The van der Waals surface area contributed by atoms with Crippen molar-refractivity contribution < 1.29 is 4.74 Å². The van der Waals surface area contributed by atoms with Crippen molar-refractivity contribution in [3.63, 3.8) is 0 Å². The summed E-state index contributed by atoms with van der Waals surface area (Å²) >= 11 is 0. The summed E-state index contributed by atoms with van der Waals surface area (Å²) in [4.78, 5) is 0. The minimum Gasteiger partial charge on any atom is -0.487 e. The van der Waals surface area contributed by atoms with Gasteiger partial charge in [-0.25, -0.2) is 0 Å². The van der Waals surface area contributed by atoms with Gasteiger partial charge in [0.1, 0.15) is 11.4 Å². The molecular formula is C15H21NO. The Bertz CT molecular complexity index is 433. The van der Waals surface area contributed by atoms with E-state index < -0.39 is 0 Å². The predicted molar refractivity (Wildman–Crippen MR) is 69.7 cm³/mol. The van der Waals surface area contributed by atoms with Gasteiger partial charge in [-0.15, -0.1) is 0 Å². The van der Waals surface area contributed by atoms with Gasteiger partial charge in [0.2, 0.25) is 0 Å². The monoisotopic (exact) mass is 231 g/mol. The van der Waals surface area contributed by atoms with Crippen molar-refractivity contribution in [3.8, 4) is 5.75 Å². The molecule has 1 fully saturated rings. The molecule has 1 aromatic carbocycles. The standard InChI is InChI=1S/C15H21NO/c1-11-3-4-13-5-6-15(7-9-16-10-8-15)17-14(13)12(11)2/h3-4,16H,5-10H2,1-2H3. The number of piperidine rings is 1. The highest BCUT2D eigenvalue weighted by Crippen LogP contribution is 2.40. The third-order valence-electron chi connectivity index (χ3n) is 4.44. The van der Waals surface area contributed by atoms with Crippen LogP contribution < -0.4 is 10.1 Å². The van der Waals surface area contributed by atoms with Gasteiger partial charge in [-0.3, -0.25) is 0 Å². The van der Waals surface area contributed by atoms with Crippen LogP contribution in [0.15, 0.2) is 12.1 Å². The van der Waals surface area contributed by atoms with Crippen molar-refractivity contribution in [2.24, 2.45) is 0 Å². The summed E-state index contributed by atoms with van der Waals surface area (Å²) in [7, 11) is 0. The Morgan fingerprint density at radius 1 is 1.12 bits per heavy atom. The molecule has 92 valence electrons. The van der Waals surface area contributed by atoms with E-state index in [0.717, 1.165) is 25.9 Å². The Kier molecular flexibility index (Phi) is 2.62. The number of benzene rings is 1. The molecule has 1 saturated heterocycles. The normalized spacial score (nSPS) is 22.0. The van der Waals surface area contributed by atoms with Crippen LogP contribution in [0, 0.1) is 13.8 Å². The van der Waals surface area contributed by atoms with E-state index in [-0.39, 0.29) is 5.60 Å². The van der Waals surface area contributed by atoms with Gasteiger partial charge in [-0.05, 0) is 69.3 Å². The van der Waals surface area contributed by atoms with Crippen molar-refractivity contribution in [3.05, 3.63) is 28.8 Å². The van der Waals surface area contributed by atoms with E-state index in [1.54, 1.807) is 0 Å².